The van der Waals surface area contributed by atoms with E-state index in [1.54, 1.807) is 6.07 Å². The van der Waals surface area contributed by atoms with E-state index in [9.17, 15) is 22.0 Å². The summed E-state index contributed by atoms with van der Waals surface area (Å²) in [5.74, 6) is 0.445. The Labute approximate surface area is 182 Å². The first-order chi connectivity index (χ1) is 13.2. The van der Waals surface area contributed by atoms with Gasteiger partial charge in [-0.2, -0.15) is 22.0 Å². The monoisotopic (exact) mass is 531 g/mol. The van der Waals surface area contributed by atoms with E-state index in [2.05, 4.69) is 20.6 Å². The molecule has 0 amide bonds. The predicted octanol–water partition coefficient (Wildman–Crippen LogP) is 4.77. The summed E-state index contributed by atoms with van der Waals surface area (Å²) < 4.78 is 64.8. The number of guanidine groups is 1. The van der Waals surface area contributed by atoms with Gasteiger partial charge in [-0.1, -0.05) is 25.1 Å². The van der Waals surface area contributed by atoms with Gasteiger partial charge in [0.05, 0.1) is 12.1 Å². The molecular weight excluding hydrogens is 508 g/mol. The number of rotatable bonds is 7. The molecule has 2 N–H and O–H groups in total. The third-order valence-electron chi connectivity index (χ3n) is 4.25. The van der Waals surface area contributed by atoms with Crippen LogP contribution in [0.5, 0.6) is 0 Å². The Balaban J connectivity index is 0.00000420. The number of hydrogen-bond donors (Lipinski definition) is 2. The number of aromatic nitrogens is 2. The van der Waals surface area contributed by atoms with Gasteiger partial charge < -0.3 is 10.6 Å². The average Bonchev–Trinajstić information content (AvgIpc) is 3.12. The van der Waals surface area contributed by atoms with Crippen LogP contribution in [0.3, 0.4) is 0 Å². The van der Waals surface area contributed by atoms with Crippen LogP contribution in [-0.4, -0.2) is 29.1 Å². The first kappa shape index (κ1) is 25.1. The lowest BCUT2D eigenvalue weighted by molar-refractivity contribution is -0.137. The lowest BCUT2D eigenvalue weighted by Gasteiger charge is -2.16. The molecule has 0 aliphatic heterocycles. The quantitative estimate of drug-likeness (QED) is 0.234. The second-order valence-electron chi connectivity index (χ2n) is 6.19. The molecule has 5 nitrogen and oxygen atoms in total. The third-order valence-corrected chi connectivity index (χ3v) is 4.25. The average molecular weight is 531 g/mol. The Morgan fingerprint density at radius 2 is 1.97 bits per heavy atom. The Hall–Kier alpha value is -1.92. The van der Waals surface area contributed by atoms with Crippen molar-refractivity contribution >= 4 is 29.9 Å². The summed E-state index contributed by atoms with van der Waals surface area (Å²) in [6.07, 6.45) is -1.33. The third kappa shape index (κ3) is 7.44. The molecular formula is C18H23F5IN5. The van der Waals surface area contributed by atoms with Crippen molar-refractivity contribution in [1.82, 2.24) is 20.2 Å². The molecule has 29 heavy (non-hydrogen) atoms. The van der Waals surface area contributed by atoms with Crippen LogP contribution in [0.4, 0.5) is 22.0 Å². The van der Waals surface area contributed by atoms with Gasteiger partial charge in [-0.15, -0.1) is 24.0 Å². The van der Waals surface area contributed by atoms with Crippen LogP contribution < -0.4 is 10.6 Å². The van der Waals surface area contributed by atoms with E-state index in [0.717, 1.165) is 16.7 Å². The second kappa shape index (κ2) is 11.3. The van der Waals surface area contributed by atoms with Crippen LogP contribution in [0.15, 0.2) is 41.7 Å². The molecule has 162 valence electrons. The zero-order chi connectivity index (χ0) is 20.7. The molecule has 0 saturated carbocycles. The highest BCUT2D eigenvalue weighted by Gasteiger charge is 2.30. The molecule has 0 fully saturated rings. The maximum atomic E-state index is 12.8. The van der Waals surface area contributed by atoms with Gasteiger partial charge in [-0.3, -0.25) is 9.56 Å². The van der Waals surface area contributed by atoms with Crippen molar-refractivity contribution in [1.29, 1.82) is 0 Å². The first-order valence-corrected chi connectivity index (χ1v) is 8.64. The zero-order valence-corrected chi connectivity index (χ0v) is 18.2. The molecule has 1 aromatic heterocycles. The molecule has 0 aliphatic rings. The summed E-state index contributed by atoms with van der Waals surface area (Å²) >= 11 is 0. The van der Waals surface area contributed by atoms with Crippen molar-refractivity contribution in [2.45, 2.75) is 38.5 Å². The molecule has 2 aromatic rings. The van der Waals surface area contributed by atoms with E-state index in [0.29, 0.717) is 24.5 Å². The minimum absolute atomic E-state index is 0. The fraction of sp³-hybridized carbons (Fsp3) is 0.444. The standard InChI is InChI=1S/C18H22F5N5.HI/c1-12(13-4-3-5-14(10-13)18(21,22)23)6-7-26-17(24-2)27-11-15-25-8-9-28(15)16(19)20;/h3-5,8-10,12,16H,6-7,11H2,1-2H3,(H2,24,26,27);1H. The van der Waals surface area contributed by atoms with Crippen LogP contribution in [0.25, 0.3) is 0 Å². The maximum absolute atomic E-state index is 12.8. The molecule has 1 unspecified atom stereocenters. The summed E-state index contributed by atoms with van der Waals surface area (Å²) in [7, 11) is 1.53. The van der Waals surface area contributed by atoms with Crippen LogP contribution in [0.1, 0.15) is 42.8 Å². The van der Waals surface area contributed by atoms with Gasteiger partial charge in [0.15, 0.2) is 5.96 Å². The number of hydrogen-bond acceptors (Lipinski definition) is 2. The fourth-order valence-corrected chi connectivity index (χ4v) is 2.64. The van der Waals surface area contributed by atoms with E-state index in [1.165, 1.54) is 25.5 Å². The molecule has 1 atom stereocenters. The summed E-state index contributed by atoms with van der Waals surface area (Å²) in [5, 5.41) is 5.90. The highest BCUT2D eigenvalue weighted by Crippen LogP contribution is 2.31. The topological polar surface area (TPSA) is 54.2 Å². The molecule has 0 radical (unpaired) electrons. The number of benzene rings is 1. The van der Waals surface area contributed by atoms with Crippen molar-refractivity contribution in [3.8, 4) is 0 Å². The van der Waals surface area contributed by atoms with E-state index in [-0.39, 0.29) is 42.3 Å². The van der Waals surface area contributed by atoms with Gasteiger partial charge in [0.25, 0.3) is 0 Å². The van der Waals surface area contributed by atoms with Crippen molar-refractivity contribution in [2.24, 2.45) is 4.99 Å². The van der Waals surface area contributed by atoms with Gasteiger partial charge in [0.2, 0.25) is 0 Å². The van der Waals surface area contributed by atoms with E-state index < -0.39 is 18.3 Å². The lowest BCUT2D eigenvalue weighted by atomic mass is 9.96. The molecule has 11 heteroatoms. The molecule has 0 saturated heterocycles. The van der Waals surface area contributed by atoms with Gasteiger partial charge in [-0.05, 0) is 24.0 Å². The maximum Gasteiger partial charge on any atom is 0.416 e. The number of nitrogens with zero attached hydrogens (tertiary/aromatic N) is 3. The minimum atomic E-state index is -4.37. The molecule has 1 heterocycles. The van der Waals surface area contributed by atoms with Crippen molar-refractivity contribution < 1.29 is 22.0 Å². The largest absolute Gasteiger partial charge is 0.416 e. The Bertz CT molecular complexity index is 791. The zero-order valence-electron chi connectivity index (χ0n) is 15.9. The number of halogens is 6. The van der Waals surface area contributed by atoms with Crippen molar-refractivity contribution in [3.63, 3.8) is 0 Å². The van der Waals surface area contributed by atoms with Crippen molar-refractivity contribution in [2.75, 3.05) is 13.6 Å². The number of alkyl halides is 5. The molecule has 2 rings (SSSR count). The van der Waals surface area contributed by atoms with Gasteiger partial charge in [0, 0.05) is 26.0 Å². The van der Waals surface area contributed by atoms with Crippen LogP contribution in [0.2, 0.25) is 0 Å². The molecule has 0 spiro atoms. The van der Waals surface area contributed by atoms with Crippen LogP contribution in [-0.2, 0) is 12.7 Å². The summed E-state index contributed by atoms with van der Waals surface area (Å²) in [6.45, 7) is -0.338. The highest BCUT2D eigenvalue weighted by molar-refractivity contribution is 14.0. The predicted molar refractivity (Wildman–Crippen MR) is 112 cm³/mol. The molecule has 0 bridgehead atoms. The van der Waals surface area contributed by atoms with E-state index >= 15 is 0 Å². The number of imidazole rings is 1. The van der Waals surface area contributed by atoms with Gasteiger partial charge >= 0.3 is 12.7 Å². The Morgan fingerprint density at radius 1 is 1.24 bits per heavy atom. The SMILES string of the molecule is CN=C(NCCC(C)c1cccc(C(F)(F)F)c1)NCc1nccn1C(F)F.I. The second-order valence-corrected chi connectivity index (χ2v) is 6.19. The normalized spacial score (nSPS) is 13.2. The van der Waals surface area contributed by atoms with E-state index in [4.69, 9.17) is 0 Å². The van der Waals surface area contributed by atoms with E-state index in [1.807, 2.05) is 6.92 Å². The summed E-state index contributed by atoms with van der Waals surface area (Å²) in [4.78, 5) is 7.86. The highest BCUT2D eigenvalue weighted by atomic mass is 127. The van der Waals surface area contributed by atoms with Gasteiger partial charge in [0.1, 0.15) is 5.82 Å². The van der Waals surface area contributed by atoms with Crippen LogP contribution in [0, 0.1) is 0 Å². The van der Waals surface area contributed by atoms with Gasteiger partial charge in [-0.25, -0.2) is 4.98 Å². The number of aliphatic imine (C=N–C) groups is 1. The lowest BCUT2D eigenvalue weighted by Crippen LogP contribution is -2.38. The number of nitrogens with one attached hydrogen (secondary N) is 2. The molecule has 0 aliphatic carbocycles. The smallest absolute Gasteiger partial charge is 0.356 e. The Kier molecular flexibility index (Phi) is 9.80. The summed E-state index contributed by atoms with van der Waals surface area (Å²) in [5.41, 5.74) is -0.0738. The fourth-order valence-electron chi connectivity index (χ4n) is 2.64. The Morgan fingerprint density at radius 3 is 2.59 bits per heavy atom. The van der Waals surface area contributed by atoms with Crippen LogP contribution >= 0.6 is 24.0 Å². The molecule has 1 aromatic carbocycles. The van der Waals surface area contributed by atoms with Crippen molar-refractivity contribution in [3.05, 3.63) is 53.6 Å². The first-order valence-electron chi connectivity index (χ1n) is 8.64. The summed E-state index contributed by atoms with van der Waals surface area (Å²) in [6, 6.07) is 5.26. The minimum Gasteiger partial charge on any atom is -0.356 e.